The van der Waals surface area contributed by atoms with Crippen molar-refractivity contribution >= 4 is 35.0 Å². The van der Waals surface area contributed by atoms with Gasteiger partial charge in [0.05, 0.1) is 21.3 Å². The van der Waals surface area contributed by atoms with E-state index in [4.69, 9.17) is 25.8 Å². The lowest BCUT2D eigenvalue weighted by molar-refractivity contribution is -0.132. The van der Waals surface area contributed by atoms with E-state index in [-0.39, 0.29) is 43.4 Å². The Kier molecular flexibility index (Phi) is 8.68. The lowest BCUT2D eigenvalue weighted by Crippen LogP contribution is -2.44. The van der Waals surface area contributed by atoms with E-state index < -0.39 is 0 Å². The highest BCUT2D eigenvalue weighted by molar-refractivity contribution is 6.31. The van der Waals surface area contributed by atoms with E-state index in [1.807, 2.05) is 20.8 Å². The summed E-state index contributed by atoms with van der Waals surface area (Å²) in [4.78, 5) is 44.0. The second-order valence-corrected chi connectivity index (χ2v) is 9.34. The standard InChI is InChI=1S/C26H32ClN3O6/c1-16(2)12-28(26(33)18-10-21(34-4)25(36-6)22(11-18)35-5)13-23(31)29-14-24(32)30(15-29)20-9-7-8-19(27)17(20)3/h7-11,16H,12-15H2,1-6H3. The van der Waals surface area contributed by atoms with Gasteiger partial charge >= 0.3 is 0 Å². The third-order valence-corrected chi connectivity index (χ3v) is 6.34. The van der Waals surface area contributed by atoms with Crippen molar-refractivity contribution in [2.45, 2.75) is 20.8 Å². The van der Waals surface area contributed by atoms with Gasteiger partial charge in [-0.25, -0.2) is 0 Å². The molecule has 1 aliphatic heterocycles. The molecule has 3 rings (SSSR count). The molecule has 36 heavy (non-hydrogen) atoms. The van der Waals surface area contributed by atoms with E-state index in [0.717, 1.165) is 5.56 Å². The number of benzene rings is 2. The Labute approximate surface area is 216 Å². The molecule has 1 fully saturated rings. The van der Waals surface area contributed by atoms with Crippen molar-refractivity contribution in [3.05, 3.63) is 46.5 Å². The largest absolute Gasteiger partial charge is 0.493 e. The first-order valence-electron chi connectivity index (χ1n) is 11.5. The average molecular weight is 518 g/mol. The quantitative estimate of drug-likeness (QED) is 0.505. The first-order valence-corrected chi connectivity index (χ1v) is 11.9. The van der Waals surface area contributed by atoms with Crippen LogP contribution in [0.2, 0.25) is 5.02 Å². The van der Waals surface area contributed by atoms with Crippen LogP contribution >= 0.6 is 11.6 Å². The van der Waals surface area contributed by atoms with E-state index in [9.17, 15) is 14.4 Å². The van der Waals surface area contributed by atoms with Crippen LogP contribution in [-0.2, 0) is 9.59 Å². The minimum Gasteiger partial charge on any atom is -0.493 e. The molecule has 0 saturated carbocycles. The second kappa shape index (κ2) is 11.5. The summed E-state index contributed by atoms with van der Waals surface area (Å²) in [6, 6.07) is 8.44. The lowest BCUT2D eigenvalue weighted by Gasteiger charge is -2.27. The second-order valence-electron chi connectivity index (χ2n) is 8.93. The van der Waals surface area contributed by atoms with Gasteiger partial charge in [-0.1, -0.05) is 31.5 Å². The number of halogens is 1. The molecule has 1 saturated heterocycles. The van der Waals surface area contributed by atoms with Gasteiger partial charge in [0.2, 0.25) is 17.6 Å². The molecule has 0 aliphatic carbocycles. The highest BCUT2D eigenvalue weighted by Gasteiger charge is 2.34. The van der Waals surface area contributed by atoms with Gasteiger partial charge in [0, 0.05) is 22.8 Å². The predicted molar refractivity (Wildman–Crippen MR) is 137 cm³/mol. The van der Waals surface area contributed by atoms with Crippen LogP contribution in [0, 0.1) is 12.8 Å². The van der Waals surface area contributed by atoms with Gasteiger partial charge in [-0.3, -0.25) is 19.3 Å². The minimum absolute atomic E-state index is 0.0708. The van der Waals surface area contributed by atoms with Crippen LogP contribution in [-0.4, -0.2) is 75.2 Å². The Hall–Kier alpha value is -3.46. The van der Waals surface area contributed by atoms with Crippen LogP contribution in [0.1, 0.15) is 29.8 Å². The number of nitrogens with zero attached hydrogens (tertiary/aromatic N) is 3. The lowest BCUT2D eigenvalue weighted by atomic mass is 10.1. The summed E-state index contributed by atoms with van der Waals surface area (Å²) in [5.41, 5.74) is 1.72. The number of methoxy groups -OCH3 is 3. The first kappa shape index (κ1) is 27.1. The van der Waals surface area contributed by atoms with Crippen molar-refractivity contribution in [3.63, 3.8) is 0 Å². The van der Waals surface area contributed by atoms with E-state index in [2.05, 4.69) is 0 Å². The smallest absolute Gasteiger partial charge is 0.254 e. The van der Waals surface area contributed by atoms with Crippen molar-refractivity contribution in [2.24, 2.45) is 5.92 Å². The Balaban J connectivity index is 1.83. The molecule has 194 valence electrons. The molecule has 0 atom stereocenters. The summed E-state index contributed by atoms with van der Waals surface area (Å²) < 4.78 is 16.1. The van der Waals surface area contributed by atoms with Crippen molar-refractivity contribution in [1.82, 2.24) is 9.80 Å². The zero-order chi connectivity index (χ0) is 26.6. The summed E-state index contributed by atoms with van der Waals surface area (Å²) in [7, 11) is 4.43. The number of hydrogen-bond donors (Lipinski definition) is 0. The fraction of sp³-hybridized carbons (Fsp3) is 0.423. The van der Waals surface area contributed by atoms with Gasteiger partial charge in [-0.2, -0.15) is 0 Å². The summed E-state index contributed by atoms with van der Waals surface area (Å²) in [5, 5.41) is 0.545. The van der Waals surface area contributed by atoms with Gasteiger partial charge in [-0.05, 0) is 42.7 Å². The van der Waals surface area contributed by atoms with E-state index in [1.54, 1.807) is 30.3 Å². The van der Waals surface area contributed by atoms with Gasteiger partial charge in [-0.15, -0.1) is 0 Å². The molecule has 10 heteroatoms. The van der Waals surface area contributed by atoms with Gasteiger partial charge in [0.1, 0.15) is 19.8 Å². The maximum Gasteiger partial charge on any atom is 0.254 e. The molecule has 0 spiro atoms. The number of ether oxygens (including phenoxy) is 3. The summed E-state index contributed by atoms with van der Waals surface area (Å²) >= 11 is 6.22. The highest BCUT2D eigenvalue weighted by atomic mass is 35.5. The molecule has 3 amide bonds. The molecule has 1 aliphatic rings. The topological polar surface area (TPSA) is 88.6 Å². The molecular weight excluding hydrogens is 486 g/mol. The summed E-state index contributed by atoms with van der Waals surface area (Å²) in [6.07, 6.45) is 0. The van der Waals surface area contributed by atoms with E-state index in [0.29, 0.717) is 40.1 Å². The molecule has 1 heterocycles. The predicted octanol–water partition coefficient (Wildman–Crippen LogP) is 3.61. The van der Waals surface area contributed by atoms with E-state index >= 15 is 0 Å². The van der Waals surface area contributed by atoms with Gasteiger partial charge in [0.15, 0.2) is 11.5 Å². The third-order valence-electron chi connectivity index (χ3n) is 5.93. The minimum atomic E-state index is -0.357. The molecule has 0 unspecified atom stereocenters. The molecule has 2 aromatic rings. The Morgan fingerprint density at radius 2 is 1.72 bits per heavy atom. The SMILES string of the molecule is COc1cc(C(=O)N(CC(=O)N2CC(=O)N(c3cccc(Cl)c3C)C2)CC(C)C)cc(OC)c1OC. The highest BCUT2D eigenvalue weighted by Crippen LogP contribution is 2.38. The van der Waals surface area contributed by atoms with Crippen molar-refractivity contribution in [1.29, 1.82) is 0 Å². The van der Waals surface area contributed by atoms with Crippen LogP contribution < -0.4 is 19.1 Å². The fourth-order valence-corrected chi connectivity index (χ4v) is 4.29. The fourth-order valence-electron chi connectivity index (χ4n) is 4.12. The number of carbonyl (C=O) groups is 3. The number of carbonyl (C=O) groups excluding carboxylic acids is 3. The van der Waals surface area contributed by atoms with Gasteiger partial charge < -0.3 is 24.0 Å². The molecular formula is C26H32ClN3O6. The molecule has 0 N–H and O–H groups in total. The normalized spacial score (nSPS) is 13.3. The molecule has 0 radical (unpaired) electrons. The summed E-state index contributed by atoms with van der Waals surface area (Å²) in [6.45, 7) is 5.94. The van der Waals surface area contributed by atoms with Crippen LogP contribution in [0.5, 0.6) is 17.2 Å². The first-order chi connectivity index (χ1) is 17.1. The molecule has 2 aromatic carbocycles. The zero-order valence-corrected chi connectivity index (χ0v) is 22.2. The maximum atomic E-state index is 13.5. The monoisotopic (exact) mass is 517 g/mol. The third kappa shape index (κ3) is 5.67. The van der Waals surface area contributed by atoms with Crippen molar-refractivity contribution < 1.29 is 28.6 Å². The van der Waals surface area contributed by atoms with Crippen molar-refractivity contribution in [2.75, 3.05) is 52.5 Å². The van der Waals surface area contributed by atoms with Crippen molar-refractivity contribution in [3.8, 4) is 17.2 Å². The van der Waals surface area contributed by atoms with Crippen LogP contribution in [0.3, 0.4) is 0 Å². The van der Waals surface area contributed by atoms with Crippen LogP contribution in [0.25, 0.3) is 0 Å². The van der Waals surface area contributed by atoms with Crippen LogP contribution in [0.4, 0.5) is 5.69 Å². The van der Waals surface area contributed by atoms with Gasteiger partial charge in [0.25, 0.3) is 5.91 Å². The van der Waals surface area contributed by atoms with E-state index in [1.165, 1.54) is 36.0 Å². The zero-order valence-electron chi connectivity index (χ0n) is 21.5. The molecule has 0 aromatic heterocycles. The average Bonchev–Trinajstić information content (AvgIpc) is 3.24. The summed E-state index contributed by atoms with van der Waals surface area (Å²) in [5.74, 6) is 0.267. The Morgan fingerprint density at radius 1 is 1.08 bits per heavy atom. The van der Waals surface area contributed by atoms with Crippen LogP contribution in [0.15, 0.2) is 30.3 Å². The Morgan fingerprint density at radius 3 is 2.28 bits per heavy atom. The number of amides is 3. The maximum absolute atomic E-state index is 13.5. The Bertz CT molecular complexity index is 1130. The molecule has 0 bridgehead atoms. The number of rotatable bonds is 9. The number of hydrogen-bond acceptors (Lipinski definition) is 6. The molecule has 9 nitrogen and oxygen atoms in total. The number of anilines is 1.